The molecule has 1 aliphatic rings. The SMILES string of the molecule is COC(=O)C1CSCN1C(=O)Sc1cccn2c(=O)ccnc12. The highest BCUT2D eigenvalue weighted by atomic mass is 32.2. The van der Waals surface area contributed by atoms with Crippen molar-refractivity contribution in [2.24, 2.45) is 0 Å². The maximum absolute atomic E-state index is 12.5. The summed E-state index contributed by atoms with van der Waals surface area (Å²) in [5.74, 6) is 0.534. The van der Waals surface area contributed by atoms with Crippen molar-refractivity contribution in [3.05, 3.63) is 40.9 Å². The third-order valence-corrected chi connectivity index (χ3v) is 5.33. The topological polar surface area (TPSA) is 81.0 Å². The minimum Gasteiger partial charge on any atom is -0.467 e. The van der Waals surface area contributed by atoms with Gasteiger partial charge in [-0.15, -0.1) is 11.8 Å². The molecule has 2 aromatic heterocycles. The number of rotatable bonds is 2. The molecule has 1 fully saturated rings. The van der Waals surface area contributed by atoms with Gasteiger partial charge in [0.2, 0.25) is 0 Å². The van der Waals surface area contributed by atoms with Crippen molar-refractivity contribution < 1.29 is 14.3 Å². The van der Waals surface area contributed by atoms with Crippen molar-refractivity contribution in [3.63, 3.8) is 0 Å². The van der Waals surface area contributed by atoms with Crippen LogP contribution < -0.4 is 5.56 Å². The highest BCUT2D eigenvalue weighted by Crippen LogP contribution is 2.30. The van der Waals surface area contributed by atoms with Gasteiger partial charge in [0, 0.05) is 24.2 Å². The maximum Gasteiger partial charge on any atom is 0.329 e. The number of carbonyl (C=O) groups excluding carboxylic acids is 2. The third kappa shape index (κ3) is 3.06. The Hall–Kier alpha value is -2.00. The predicted molar refractivity (Wildman–Crippen MR) is 87.7 cm³/mol. The van der Waals surface area contributed by atoms with Crippen molar-refractivity contribution >= 4 is 40.4 Å². The molecule has 0 N–H and O–H groups in total. The lowest BCUT2D eigenvalue weighted by atomic mass is 10.3. The summed E-state index contributed by atoms with van der Waals surface area (Å²) in [6.45, 7) is 0. The van der Waals surface area contributed by atoms with Gasteiger partial charge in [-0.25, -0.2) is 9.78 Å². The number of hydrogen-bond donors (Lipinski definition) is 0. The fraction of sp³-hybridized carbons (Fsp3) is 0.286. The highest BCUT2D eigenvalue weighted by molar-refractivity contribution is 8.13. The molecular weight excluding hydrogens is 338 g/mol. The van der Waals surface area contributed by atoms with Gasteiger partial charge in [-0.1, -0.05) is 0 Å². The van der Waals surface area contributed by atoms with E-state index in [1.807, 2.05) is 0 Å². The fourth-order valence-electron chi connectivity index (χ4n) is 2.22. The van der Waals surface area contributed by atoms with Gasteiger partial charge in [0.15, 0.2) is 5.65 Å². The van der Waals surface area contributed by atoms with Gasteiger partial charge in [0.25, 0.3) is 10.8 Å². The molecule has 23 heavy (non-hydrogen) atoms. The van der Waals surface area contributed by atoms with E-state index < -0.39 is 12.0 Å². The van der Waals surface area contributed by atoms with Crippen LogP contribution in [0.4, 0.5) is 4.79 Å². The number of carbonyl (C=O) groups is 2. The summed E-state index contributed by atoms with van der Waals surface area (Å²) >= 11 is 2.45. The van der Waals surface area contributed by atoms with E-state index in [9.17, 15) is 14.4 Å². The van der Waals surface area contributed by atoms with Gasteiger partial charge in [0.1, 0.15) is 6.04 Å². The number of ether oxygens (including phenoxy) is 1. The summed E-state index contributed by atoms with van der Waals surface area (Å²) in [4.78, 5) is 42.3. The van der Waals surface area contributed by atoms with Crippen molar-refractivity contribution in [2.75, 3.05) is 18.7 Å². The van der Waals surface area contributed by atoms with Gasteiger partial charge in [-0.2, -0.15) is 0 Å². The van der Waals surface area contributed by atoms with Crippen LogP contribution in [0.1, 0.15) is 0 Å². The third-order valence-electron chi connectivity index (χ3n) is 3.37. The lowest BCUT2D eigenvalue weighted by Gasteiger charge is -2.21. The van der Waals surface area contributed by atoms with Crippen molar-refractivity contribution in [3.8, 4) is 0 Å². The molecule has 1 atom stereocenters. The summed E-state index contributed by atoms with van der Waals surface area (Å²) in [6, 6.07) is 4.19. The second-order valence-corrected chi connectivity index (χ2v) is 6.72. The van der Waals surface area contributed by atoms with Crippen LogP contribution in [0.3, 0.4) is 0 Å². The van der Waals surface area contributed by atoms with Crippen molar-refractivity contribution in [2.45, 2.75) is 10.9 Å². The molecule has 120 valence electrons. The van der Waals surface area contributed by atoms with Crippen molar-refractivity contribution in [1.29, 1.82) is 0 Å². The molecule has 0 spiro atoms. The zero-order valence-electron chi connectivity index (χ0n) is 12.2. The molecule has 0 aromatic carbocycles. The Balaban J connectivity index is 1.87. The van der Waals surface area contributed by atoms with Gasteiger partial charge in [-0.3, -0.25) is 14.0 Å². The average Bonchev–Trinajstić information content (AvgIpc) is 3.05. The summed E-state index contributed by atoms with van der Waals surface area (Å²) in [5.41, 5.74) is 0.203. The summed E-state index contributed by atoms with van der Waals surface area (Å²) < 4.78 is 6.12. The molecule has 1 saturated heterocycles. The number of nitrogens with zero attached hydrogens (tertiary/aromatic N) is 3. The molecule has 3 rings (SSSR count). The smallest absolute Gasteiger partial charge is 0.329 e. The molecule has 7 nitrogen and oxygen atoms in total. The number of esters is 1. The number of hydrogen-bond acceptors (Lipinski definition) is 7. The molecule has 9 heteroatoms. The lowest BCUT2D eigenvalue weighted by molar-refractivity contribution is -0.144. The number of amides is 1. The van der Waals surface area contributed by atoms with Crippen LogP contribution in [-0.4, -0.2) is 50.3 Å². The number of pyridine rings is 1. The first-order chi connectivity index (χ1) is 11.1. The van der Waals surface area contributed by atoms with Crippen LogP contribution in [0.25, 0.3) is 5.65 Å². The fourth-order valence-corrected chi connectivity index (χ4v) is 4.33. The number of fused-ring (bicyclic) bond motifs is 1. The lowest BCUT2D eigenvalue weighted by Crippen LogP contribution is -2.40. The van der Waals surface area contributed by atoms with Gasteiger partial charge in [-0.05, 0) is 23.9 Å². The van der Waals surface area contributed by atoms with Gasteiger partial charge in [0.05, 0.1) is 17.9 Å². The van der Waals surface area contributed by atoms with E-state index in [1.165, 1.54) is 40.4 Å². The Bertz CT molecular complexity index is 823. The molecule has 0 aliphatic carbocycles. The molecular formula is C14H13N3O4S2. The maximum atomic E-state index is 12.5. The minimum atomic E-state index is -0.573. The monoisotopic (exact) mass is 351 g/mol. The van der Waals surface area contributed by atoms with Gasteiger partial charge < -0.3 is 9.64 Å². The van der Waals surface area contributed by atoms with E-state index in [1.54, 1.807) is 18.3 Å². The minimum absolute atomic E-state index is 0.214. The zero-order valence-corrected chi connectivity index (χ0v) is 13.8. The standard InChI is InChI=1S/C14H13N3O4S2/c1-21-13(19)9-7-22-8-17(9)14(20)23-10-3-2-6-16-11(18)4-5-15-12(10)16/h2-6,9H,7-8H2,1H3. The van der Waals surface area contributed by atoms with Crippen LogP contribution >= 0.6 is 23.5 Å². The summed E-state index contributed by atoms with van der Waals surface area (Å²) in [7, 11) is 1.31. The molecule has 0 bridgehead atoms. The Kier molecular flexibility index (Phi) is 4.58. The van der Waals surface area contributed by atoms with E-state index in [0.29, 0.717) is 22.2 Å². The van der Waals surface area contributed by atoms with Crippen LogP contribution in [-0.2, 0) is 9.53 Å². The largest absolute Gasteiger partial charge is 0.467 e. The van der Waals surface area contributed by atoms with Crippen LogP contribution in [0.15, 0.2) is 40.3 Å². The van der Waals surface area contributed by atoms with Crippen LogP contribution in [0.2, 0.25) is 0 Å². The Morgan fingerprint density at radius 2 is 2.26 bits per heavy atom. The normalized spacial score (nSPS) is 17.4. The predicted octanol–water partition coefficient (Wildman–Crippen LogP) is 1.45. The Morgan fingerprint density at radius 1 is 1.43 bits per heavy atom. The molecule has 0 radical (unpaired) electrons. The van der Waals surface area contributed by atoms with E-state index >= 15 is 0 Å². The van der Waals surface area contributed by atoms with E-state index in [-0.39, 0.29) is 10.8 Å². The number of thioether (sulfide) groups is 2. The second-order valence-electron chi connectivity index (χ2n) is 4.73. The van der Waals surface area contributed by atoms with E-state index in [4.69, 9.17) is 4.74 Å². The van der Waals surface area contributed by atoms with Crippen LogP contribution in [0, 0.1) is 0 Å². The van der Waals surface area contributed by atoms with E-state index in [0.717, 1.165) is 11.8 Å². The first kappa shape index (κ1) is 15.9. The quantitative estimate of drug-likeness (QED) is 0.598. The first-order valence-corrected chi connectivity index (χ1v) is 8.69. The number of aromatic nitrogens is 2. The van der Waals surface area contributed by atoms with Crippen LogP contribution in [0.5, 0.6) is 0 Å². The molecule has 1 unspecified atom stereocenters. The molecule has 1 amide bonds. The highest BCUT2D eigenvalue weighted by Gasteiger charge is 2.36. The molecule has 2 aromatic rings. The molecule has 0 saturated carbocycles. The Labute approximate surface area is 140 Å². The zero-order chi connectivity index (χ0) is 16.4. The number of methoxy groups -OCH3 is 1. The first-order valence-electron chi connectivity index (χ1n) is 6.72. The molecule has 3 heterocycles. The Morgan fingerprint density at radius 3 is 3.04 bits per heavy atom. The molecule has 1 aliphatic heterocycles. The summed E-state index contributed by atoms with van der Waals surface area (Å²) in [6.07, 6.45) is 3.01. The van der Waals surface area contributed by atoms with Gasteiger partial charge >= 0.3 is 5.97 Å². The van der Waals surface area contributed by atoms with Crippen molar-refractivity contribution in [1.82, 2.24) is 14.3 Å². The average molecular weight is 351 g/mol. The second kappa shape index (κ2) is 6.63. The van der Waals surface area contributed by atoms with E-state index in [2.05, 4.69) is 4.98 Å². The summed E-state index contributed by atoms with van der Waals surface area (Å²) in [5, 5.41) is -0.267.